The fraction of sp³-hybridized carbons (Fsp3) is 0.571. The van der Waals surface area contributed by atoms with Crippen LogP contribution in [-0.2, 0) is 0 Å². The zero-order chi connectivity index (χ0) is 11.5. The van der Waals surface area contributed by atoms with Crippen LogP contribution >= 0.6 is 0 Å². The summed E-state index contributed by atoms with van der Waals surface area (Å²) in [5, 5.41) is 3.54. The Labute approximate surface area is 98.7 Å². The Morgan fingerprint density at radius 1 is 1.31 bits per heavy atom. The predicted molar refractivity (Wildman–Crippen MR) is 70.2 cm³/mol. The highest BCUT2D eigenvalue weighted by Gasteiger charge is 2.16. The zero-order valence-electron chi connectivity index (χ0n) is 10.6. The van der Waals surface area contributed by atoms with E-state index < -0.39 is 0 Å². The van der Waals surface area contributed by atoms with Gasteiger partial charge >= 0.3 is 0 Å². The molecule has 0 aliphatic carbocycles. The van der Waals surface area contributed by atoms with Crippen molar-refractivity contribution in [2.75, 3.05) is 24.5 Å². The standard InChI is InChI=1S/C14H22N2/c1-11-6-4-7-14(13(11)3)16-9-5-8-15-12(2)10-16/h4,6-7,12,15H,5,8-10H2,1-3H3. The van der Waals surface area contributed by atoms with Crippen molar-refractivity contribution in [1.29, 1.82) is 0 Å². The molecule has 1 aromatic rings. The van der Waals surface area contributed by atoms with Gasteiger partial charge in [-0.1, -0.05) is 12.1 Å². The second kappa shape index (κ2) is 4.88. The molecule has 1 saturated heterocycles. The lowest BCUT2D eigenvalue weighted by Crippen LogP contribution is -2.35. The number of rotatable bonds is 1. The fourth-order valence-corrected chi connectivity index (χ4v) is 2.40. The normalized spacial score (nSPS) is 21.9. The average Bonchev–Trinajstić information content (AvgIpc) is 2.47. The maximum absolute atomic E-state index is 3.54. The van der Waals surface area contributed by atoms with E-state index in [9.17, 15) is 0 Å². The van der Waals surface area contributed by atoms with Gasteiger partial charge in [0.25, 0.3) is 0 Å². The molecule has 1 heterocycles. The van der Waals surface area contributed by atoms with Gasteiger partial charge < -0.3 is 10.2 Å². The molecule has 1 aromatic carbocycles. The molecule has 1 unspecified atom stereocenters. The molecule has 1 fully saturated rings. The Morgan fingerprint density at radius 3 is 2.94 bits per heavy atom. The number of hydrogen-bond acceptors (Lipinski definition) is 2. The van der Waals surface area contributed by atoms with E-state index in [-0.39, 0.29) is 0 Å². The lowest BCUT2D eigenvalue weighted by Gasteiger charge is -2.27. The van der Waals surface area contributed by atoms with Crippen LogP contribution in [0.1, 0.15) is 24.5 Å². The number of benzene rings is 1. The van der Waals surface area contributed by atoms with Crippen molar-refractivity contribution in [3.8, 4) is 0 Å². The van der Waals surface area contributed by atoms with Crippen LogP contribution in [0.3, 0.4) is 0 Å². The van der Waals surface area contributed by atoms with Crippen molar-refractivity contribution in [1.82, 2.24) is 5.32 Å². The highest BCUT2D eigenvalue weighted by molar-refractivity contribution is 5.56. The van der Waals surface area contributed by atoms with Crippen LogP contribution in [-0.4, -0.2) is 25.7 Å². The van der Waals surface area contributed by atoms with Crippen molar-refractivity contribution in [3.63, 3.8) is 0 Å². The summed E-state index contributed by atoms with van der Waals surface area (Å²) in [7, 11) is 0. The largest absolute Gasteiger partial charge is 0.370 e. The van der Waals surface area contributed by atoms with Crippen LogP contribution in [0.25, 0.3) is 0 Å². The van der Waals surface area contributed by atoms with Gasteiger partial charge in [-0.05, 0) is 50.9 Å². The minimum Gasteiger partial charge on any atom is -0.370 e. The van der Waals surface area contributed by atoms with Crippen LogP contribution in [0, 0.1) is 13.8 Å². The summed E-state index contributed by atoms with van der Waals surface area (Å²) < 4.78 is 0. The molecular weight excluding hydrogens is 196 g/mol. The van der Waals surface area contributed by atoms with E-state index in [4.69, 9.17) is 0 Å². The second-order valence-corrected chi connectivity index (χ2v) is 4.87. The molecule has 0 amide bonds. The SMILES string of the molecule is Cc1cccc(N2CCCNC(C)C2)c1C. The number of aryl methyl sites for hydroxylation is 1. The van der Waals surface area contributed by atoms with E-state index in [1.165, 1.54) is 29.8 Å². The first kappa shape index (κ1) is 11.5. The van der Waals surface area contributed by atoms with Crippen molar-refractivity contribution in [3.05, 3.63) is 29.3 Å². The maximum Gasteiger partial charge on any atom is 0.0399 e. The molecule has 1 aliphatic rings. The summed E-state index contributed by atoms with van der Waals surface area (Å²) in [6.07, 6.45) is 1.23. The molecule has 88 valence electrons. The third-order valence-corrected chi connectivity index (χ3v) is 3.51. The number of nitrogens with one attached hydrogen (secondary N) is 1. The maximum atomic E-state index is 3.54. The van der Waals surface area contributed by atoms with E-state index in [0.29, 0.717) is 6.04 Å². The summed E-state index contributed by atoms with van der Waals surface area (Å²) in [5.41, 5.74) is 4.23. The molecule has 1 N–H and O–H groups in total. The molecule has 0 bridgehead atoms. The number of nitrogens with zero attached hydrogens (tertiary/aromatic N) is 1. The molecule has 0 saturated carbocycles. The average molecular weight is 218 g/mol. The van der Waals surface area contributed by atoms with Gasteiger partial charge in [0.05, 0.1) is 0 Å². The van der Waals surface area contributed by atoms with Gasteiger partial charge in [0, 0.05) is 24.8 Å². The zero-order valence-corrected chi connectivity index (χ0v) is 10.6. The van der Waals surface area contributed by atoms with E-state index in [0.717, 1.165) is 13.1 Å². The number of hydrogen-bond donors (Lipinski definition) is 1. The van der Waals surface area contributed by atoms with Gasteiger partial charge in [0.15, 0.2) is 0 Å². The van der Waals surface area contributed by atoms with Gasteiger partial charge in [-0.3, -0.25) is 0 Å². The van der Waals surface area contributed by atoms with E-state index in [1.54, 1.807) is 0 Å². The van der Waals surface area contributed by atoms with E-state index in [1.807, 2.05) is 0 Å². The molecule has 1 aliphatic heterocycles. The third-order valence-electron chi connectivity index (χ3n) is 3.51. The molecule has 0 spiro atoms. The fourth-order valence-electron chi connectivity index (χ4n) is 2.40. The van der Waals surface area contributed by atoms with Crippen LogP contribution in [0.15, 0.2) is 18.2 Å². The van der Waals surface area contributed by atoms with Crippen LogP contribution in [0.5, 0.6) is 0 Å². The molecule has 0 radical (unpaired) electrons. The van der Waals surface area contributed by atoms with Gasteiger partial charge in [-0.25, -0.2) is 0 Å². The van der Waals surface area contributed by atoms with E-state index in [2.05, 4.69) is 49.2 Å². The summed E-state index contributed by atoms with van der Waals surface area (Å²) in [6, 6.07) is 7.20. The van der Waals surface area contributed by atoms with Crippen molar-refractivity contribution in [2.24, 2.45) is 0 Å². The van der Waals surface area contributed by atoms with Crippen LogP contribution < -0.4 is 10.2 Å². The monoisotopic (exact) mass is 218 g/mol. The Kier molecular flexibility index (Phi) is 3.49. The Balaban J connectivity index is 2.24. The highest BCUT2D eigenvalue weighted by atomic mass is 15.2. The van der Waals surface area contributed by atoms with Gasteiger partial charge in [-0.2, -0.15) is 0 Å². The molecule has 0 aromatic heterocycles. The predicted octanol–water partition coefficient (Wildman–Crippen LogP) is 2.49. The van der Waals surface area contributed by atoms with E-state index >= 15 is 0 Å². The molecule has 2 rings (SSSR count). The molecular formula is C14H22N2. The van der Waals surface area contributed by atoms with Crippen molar-refractivity contribution in [2.45, 2.75) is 33.2 Å². The molecule has 2 heteroatoms. The second-order valence-electron chi connectivity index (χ2n) is 4.87. The lowest BCUT2D eigenvalue weighted by molar-refractivity contribution is 0.584. The first-order valence-corrected chi connectivity index (χ1v) is 6.23. The highest BCUT2D eigenvalue weighted by Crippen LogP contribution is 2.23. The molecule has 16 heavy (non-hydrogen) atoms. The first-order valence-electron chi connectivity index (χ1n) is 6.23. The summed E-state index contributed by atoms with van der Waals surface area (Å²) in [6.45, 7) is 10.1. The summed E-state index contributed by atoms with van der Waals surface area (Å²) >= 11 is 0. The Morgan fingerprint density at radius 2 is 2.12 bits per heavy atom. The minimum atomic E-state index is 0.586. The smallest absolute Gasteiger partial charge is 0.0399 e. The number of anilines is 1. The summed E-state index contributed by atoms with van der Waals surface area (Å²) in [4.78, 5) is 2.52. The van der Waals surface area contributed by atoms with Crippen LogP contribution in [0.2, 0.25) is 0 Å². The van der Waals surface area contributed by atoms with Gasteiger partial charge in [0.2, 0.25) is 0 Å². The first-order chi connectivity index (χ1) is 7.68. The quantitative estimate of drug-likeness (QED) is 0.779. The van der Waals surface area contributed by atoms with Gasteiger partial charge in [0.1, 0.15) is 0 Å². The molecule has 2 nitrogen and oxygen atoms in total. The molecule has 1 atom stereocenters. The Bertz CT molecular complexity index is 360. The van der Waals surface area contributed by atoms with Crippen molar-refractivity contribution >= 4 is 5.69 Å². The van der Waals surface area contributed by atoms with Crippen LogP contribution in [0.4, 0.5) is 5.69 Å². The topological polar surface area (TPSA) is 15.3 Å². The third kappa shape index (κ3) is 2.38. The Hall–Kier alpha value is -1.02. The van der Waals surface area contributed by atoms with Gasteiger partial charge in [-0.15, -0.1) is 0 Å². The lowest BCUT2D eigenvalue weighted by atomic mass is 10.1. The minimum absolute atomic E-state index is 0.586. The van der Waals surface area contributed by atoms with Crippen molar-refractivity contribution < 1.29 is 0 Å². The summed E-state index contributed by atoms with van der Waals surface area (Å²) in [5.74, 6) is 0.